The van der Waals surface area contributed by atoms with Gasteiger partial charge in [0.2, 0.25) is 0 Å². The minimum absolute atomic E-state index is 0.106. The van der Waals surface area contributed by atoms with Crippen LogP contribution in [0, 0.1) is 19.7 Å². The summed E-state index contributed by atoms with van der Waals surface area (Å²) in [6.07, 6.45) is 4.68. The van der Waals surface area contributed by atoms with Gasteiger partial charge in [-0.1, -0.05) is 6.07 Å². The third-order valence-corrected chi connectivity index (χ3v) is 7.26. The highest BCUT2D eigenvalue weighted by Crippen LogP contribution is 2.41. The van der Waals surface area contributed by atoms with E-state index < -0.39 is 11.2 Å². The summed E-state index contributed by atoms with van der Waals surface area (Å²) in [5.41, 5.74) is 2.22. The summed E-state index contributed by atoms with van der Waals surface area (Å²) in [4.78, 5) is 12.7. The van der Waals surface area contributed by atoms with Gasteiger partial charge in [0.05, 0.1) is 11.2 Å². The smallest absolute Gasteiger partial charge is 0.252 e. The van der Waals surface area contributed by atoms with Gasteiger partial charge in [-0.15, -0.1) is 0 Å². The molecule has 0 spiro atoms. The quantitative estimate of drug-likeness (QED) is 0.384. The van der Waals surface area contributed by atoms with Crippen LogP contribution in [0.4, 0.5) is 10.1 Å². The number of ether oxygens (including phenoxy) is 1. The third-order valence-electron chi connectivity index (χ3n) is 7.26. The van der Waals surface area contributed by atoms with E-state index in [1.54, 1.807) is 53.1 Å². The summed E-state index contributed by atoms with van der Waals surface area (Å²) in [6, 6.07) is 10.0. The topological polar surface area (TPSA) is 83.7 Å². The van der Waals surface area contributed by atoms with Gasteiger partial charge in [-0.25, -0.2) is 4.39 Å². The SMILES string of the molecule is Cc1cc(F)cc(C)c1Oc1ccc(C(C)(C)O)cc1-c1cn(C)c(=O)cc1NC1CCC(C)(O)CC1. The van der Waals surface area contributed by atoms with E-state index in [9.17, 15) is 19.4 Å². The first-order valence-corrected chi connectivity index (χ1v) is 12.7. The molecule has 0 aliphatic heterocycles. The fraction of sp³-hybridized carbons (Fsp3) is 0.433. The highest BCUT2D eigenvalue weighted by atomic mass is 19.1. The minimum atomic E-state index is -1.10. The molecule has 0 bridgehead atoms. The Morgan fingerprint density at radius 1 is 1.08 bits per heavy atom. The predicted molar refractivity (Wildman–Crippen MR) is 145 cm³/mol. The maximum atomic E-state index is 13.9. The highest BCUT2D eigenvalue weighted by Gasteiger charge is 2.29. The summed E-state index contributed by atoms with van der Waals surface area (Å²) in [5, 5.41) is 24.7. The molecule has 1 fully saturated rings. The Morgan fingerprint density at radius 3 is 2.30 bits per heavy atom. The second-order valence-electron chi connectivity index (χ2n) is 11.2. The number of aromatic nitrogens is 1. The molecular formula is C30H37FN2O4. The number of pyridine rings is 1. The zero-order valence-corrected chi connectivity index (χ0v) is 22.5. The Bertz CT molecular complexity index is 1340. The van der Waals surface area contributed by atoms with Gasteiger partial charge in [0.15, 0.2) is 0 Å². The van der Waals surface area contributed by atoms with E-state index in [0.29, 0.717) is 52.3 Å². The largest absolute Gasteiger partial charge is 0.456 e. The number of hydrogen-bond acceptors (Lipinski definition) is 5. The lowest BCUT2D eigenvalue weighted by Crippen LogP contribution is -2.36. The van der Waals surface area contributed by atoms with Crippen molar-refractivity contribution in [1.82, 2.24) is 4.57 Å². The van der Waals surface area contributed by atoms with Crippen LogP contribution in [-0.2, 0) is 12.6 Å². The molecule has 1 aliphatic rings. The van der Waals surface area contributed by atoms with Gasteiger partial charge in [-0.3, -0.25) is 4.79 Å². The molecule has 7 heteroatoms. The minimum Gasteiger partial charge on any atom is -0.456 e. The third kappa shape index (κ3) is 6.05. The van der Waals surface area contributed by atoms with Gasteiger partial charge in [-0.05, 0) is 101 Å². The van der Waals surface area contributed by atoms with Crippen LogP contribution in [0.1, 0.15) is 63.1 Å². The Kier molecular flexibility index (Phi) is 7.23. The van der Waals surface area contributed by atoms with E-state index in [-0.39, 0.29) is 17.4 Å². The van der Waals surface area contributed by atoms with Crippen molar-refractivity contribution < 1.29 is 19.3 Å². The molecular weight excluding hydrogens is 471 g/mol. The van der Waals surface area contributed by atoms with Crippen LogP contribution in [-0.4, -0.2) is 26.4 Å². The molecule has 0 radical (unpaired) electrons. The fourth-order valence-electron chi connectivity index (χ4n) is 4.95. The van der Waals surface area contributed by atoms with Crippen molar-refractivity contribution in [3.05, 3.63) is 75.5 Å². The molecule has 1 saturated carbocycles. The van der Waals surface area contributed by atoms with E-state index in [1.807, 2.05) is 19.1 Å². The molecule has 198 valence electrons. The number of nitrogens with zero attached hydrogens (tertiary/aromatic N) is 1. The van der Waals surface area contributed by atoms with Gasteiger partial charge in [-0.2, -0.15) is 0 Å². The van der Waals surface area contributed by atoms with Crippen molar-refractivity contribution in [2.75, 3.05) is 5.32 Å². The highest BCUT2D eigenvalue weighted by molar-refractivity contribution is 5.82. The van der Waals surface area contributed by atoms with Gasteiger partial charge >= 0.3 is 0 Å². The van der Waals surface area contributed by atoms with Crippen molar-refractivity contribution in [1.29, 1.82) is 0 Å². The van der Waals surface area contributed by atoms with Crippen molar-refractivity contribution in [2.24, 2.45) is 7.05 Å². The molecule has 0 atom stereocenters. The average Bonchev–Trinajstić information content (AvgIpc) is 2.79. The zero-order valence-electron chi connectivity index (χ0n) is 22.5. The van der Waals surface area contributed by atoms with E-state index in [2.05, 4.69) is 5.32 Å². The maximum absolute atomic E-state index is 13.9. The van der Waals surface area contributed by atoms with Crippen molar-refractivity contribution in [3.8, 4) is 22.6 Å². The second-order valence-corrected chi connectivity index (χ2v) is 11.2. The monoisotopic (exact) mass is 508 g/mol. The summed E-state index contributed by atoms with van der Waals surface area (Å²) in [7, 11) is 1.70. The van der Waals surface area contributed by atoms with Gasteiger partial charge in [0, 0.05) is 42.2 Å². The van der Waals surface area contributed by atoms with Crippen molar-refractivity contribution in [3.63, 3.8) is 0 Å². The zero-order chi connectivity index (χ0) is 27.1. The van der Waals surface area contributed by atoms with Gasteiger partial charge < -0.3 is 24.8 Å². The summed E-state index contributed by atoms with van der Waals surface area (Å²) in [5.74, 6) is 0.766. The van der Waals surface area contributed by atoms with Gasteiger partial charge in [0.1, 0.15) is 17.3 Å². The predicted octanol–water partition coefficient (Wildman–Crippen LogP) is 5.93. The van der Waals surface area contributed by atoms with Crippen molar-refractivity contribution >= 4 is 5.69 Å². The van der Waals surface area contributed by atoms with Crippen LogP contribution in [0.5, 0.6) is 11.5 Å². The summed E-state index contributed by atoms with van der Waals surface area (Å²) < 4.78 is 21.9. The first kappa shape index (κ1) is 26.9. The van der Waals surface area contributed by atoms with E-state index >= 15 is 0 Å². The molecule has 1 aliphatic carbocycles. The standard InChI is InChI=1S/C30H37FN2O4/c1-18-13-21(31)14-19(2)28(18)37-26-8-7-20(29(3,4)35)15-23(26)24-17-33(6)27(34)16-25(24)32-22-9-11-30(5,36)12-10-22/h7-8,13-17,22,32,35-36H,9-12H2,1-6H3. The molecule has 0 amide bonds. The van der Waals surface area contributed by atoms with E-state index in [4.69, 9.17) is 4.74 Å². The lowest BCUT2D eigenvalue weighted by molar-refractivity contribution is 0.0196. The van der Waals surface area contributed by atoms with E-state index in [0.717, 1.165) is 18.4 Å². The number of aliphatic hydroxyl groups is 2. The number of halogens is 1. The Morgan fingerprint density at radius 2 is 1.70 bits per heavy atom. The van der Waals surface area contributed by atoms with Crippen LogP contribution in [0.2, 0.25) is 0 Å². The normalized spacial score (nSPS) is 20.1. The molecule has 6 nitrogen and oxygen atoms in total. The molecule has 3 N–H and O–H groups in total. The molecule has 1 aromatic heterocycles. The Balaban J connectivity index is 1.84. The Hall–Kier alpha value is -3.16. The molecule has 1 heterocycles. The average molecular weight is 509 g/mol. The number of nitrogens with one attached hydrogen (secondary N) is 1. The number of rotatable bonds is 6. The number of anilines is 1. The summed E-state index contributed by atoms with van der Waals surface area (Å²) >= 11 is 0. The van der Waals surface area contributed by atoms with Crippen LogP contribution in [0.15, 0.2) is 47.4 Å². The lowest BCUT2D eigenvalue weighted by Gasteiger charge is -2.34. The molecule has 0 saturated heterocycles. The van der Waals surface area contributed by atoms with Crippen molar-refractivity contribution in [2.45, 2.75) is 77.5 Å². The molecule has 3 aromatic rings. The van der Waals surface area contributed by atoms with Gasteiger partial charge in [0.25, 0.3) is 5.56 Å². The fourth-order valence-corrected chi connectivity index (χ4v) is 4.95. The number of hydrogen-bond donors (Lipinski definition) is 3. The van der Waals surface area contributed by atoms with Crippen LogP contribution < -0.4 is 15.6 Å². The van der Waals surface area contributed by atoms with Crippen LogP contribution in [0.3, 0.4) is 0 Å². The second kappa shape index (κ2) is 9.95. The first-order chi connectivity index (χ1) is 17.2. The Labute approximate surface area is 217 Å². The maximum Gasteiger partial charge on any atom is 0.252 e. The molecule has 4 rings (SSSR count). The summed E-state index contributed by atoms with van der Waals surface area (Å²) in [6.45, 7) is 8.89. The van der Waals surface area contributed by atoms with Crippen LogP contribution >= 0.6 is 0 Å². The molecule has 2 aromatic carbocycles. The molecule has 0 unspecified atom stereocenters. The first-order valence-electron chi connectivity index (χ1n) is 12.7. The number of aryl methyl sites for hydroxylation is 3. The number of benzene rings is 2. The van der Waals surface area contributed by atoms with E-state index in [1.165, 1.54) is 16.7 Å². The molecule has 37 heavy (non-hydrogen) atoms. The lowest BCUT2D eigenvalue weighted by atomic mass is 9.83. The van der Waals surface area contributed by atoms with Crippen LogP contribution in [0.25, 0.3) is 11.1 Å².